The predicted octanol–water partition coefficient (Wildman–Crippen LogP) is 2.83. The van der Waals surface area contributed by atoms with Crippen molar-refractivity contribution in [1.29, 1.82) is 0 Å². The van der Waals surface area contributed by atoms with E-state index in [0.717, 1.165) is 0 Å². The van der Waals surface area contributed by atoms with Crippen LogP contribution < -0.4 is 0 Å². The van der Waals surface area contributed by atoms with Gasteiger partial charge < -0.3 is 28.7 Å². The van der Waals surface area contributed by atoms with Crippen LogP contribution in [0.1, 0.15) is 46.2 Å². The van der Waals surface area contributed by atoms with E-state index in [9.17, 15) is 24.0 Å². The second kappa shape index (κ2) is 13.6. The fraction of sp³-hybridized carbons (Fsp3) is 0.500. The topological polar surface area (TPSA) is 151 Å². The van der Waals surface area contributed by atoms with Crippen LogP contribution in [0.3, 0.4) is 0 Å². The Balaban J connectivity index is 2.61. The summed E-state index contributed by atoms with van der Waals surface area (Å²) in [5, 5.41) is 0. The second-order valence-corrected chi connectivity index (χ2v) is 9.41. The van der Waals surface area contributed by atoms with Gasteiger partial charge in [0.1, 0.15) is 6.04 Å². The molecule has 1 aromatic carbocycles. The minimum atomic E-state index is -2.92. The van der Waals surface area contributed by atoms with E-state index >= 15 is 0 Å². The maximum absolute atomic E-state index is 14.4. The van der Waals surface area contributed by atoms with E-state index in [2.05, 4.69) is 4.98 Å². The molecule has 2 atom stereocenters. The molecule has 1 N–H and O–H groups in total. The molecule has 1 aliphatic rings. The number of likely N-dealkylation sites (tertiary alicyclic amines) is 1. The van der Waals surface area contributed by atoms with Crippen LogP contribution in [0.15, 0.2) is 42.7 Å². The molecule has 12 heteroatoms. The van der Waals surface area contributed by atoms with E-state index < -0.39 is 52.8 Å². The summed E-state index contributed by atoms with van der Waals surface area (Å²) < 4.78 is 27.1. The zero-order chi connectivity index (χ0) is 31.1. The highest BCUT2D eigenvalue weighted by atomic mass is 16.6. The molecular formula is C30H38N2O10. The Morgan fingerprint density at radius 3 is 1.60 bits per heavy atom. The lowest BCUT2D eigenvalue weighted by molar-refractivity contribution is -0.203. The van der Waals surface area contributed by atoms with E-state index in [1.807, 2.05) is 18.2 Å². The van der Waals surface area contributed by atoms with E-state index in [-0.39, 0.29) is 33.0 Å². The van der Waals surface area contributed by atoms with Crippen LogP contribution in [0.25, 0.3) is 11.1 Å². The van der Waals surface area contributed by atoms with Crippen LogP contribution in [-0.4, -0.2) is 85.9 Å². The molecule has 228 valence electrons. The summed E-state index contributed by atoms with van der Waals surface area (Å²) in [5.41, 5.74) is -4.18. The van der Waals surface area contributed by atoms with Crippen molar-refractivity contribution in [3.05, 3.63) is 48.3 Å². The lowest BCUT2D eigenvalue weighted by Gasteiger charge is -2.40. The van der Waals surface area contributed by atoms with Gasteiger partial charge in [0.05, 0.1) is 39.1 Å². The molecule has 12 nitrogen and oxygen atoms in total. The van der Waals surface area contributed by atoms with E-state index in [4.69, 9.17) is 23.7 Å². The van der Waals surface area contributed by atoms with Gasteiger partial charge in [-0.05, 0) is 52.8 Å². The Kier molecular flexibility index (Phi) is 10.5. The number of ether oxygens (including phenoxy) is 5. The average Bonchev–Trinajstić information content (AvgIpc) is 3.53. The molecule has 1 saturated heterocycles. The number of carbonyl (C=O) groups is 5. The maximum Gasteiger partial charge on any atom is 0.327 e. The molecule has 0 spiro atoms. The predicted molar refractivity (Wildman–Crippen MR) is 149 cm³/mol. The van der Waals surface area contributed by atoms with Crippen LogP contribution in [-0.2, 0) is 47.7 Å². The molecule has 0 saturated carbocycles. The summed E-state index contributed by atoms with van der Waals surface area (Å²) in [6.07, 6.45) is 3.18. The number of H-pyrrole nitrogens is 1. The van der Waals surface area contributed by atoms with Gasteiger partial charge in [0.2, 0.25) is 10.8 Å². The van der Waals surface area contributed by atoms with Crippen molar-refractivity contribution >= 4 is 29.8 Å². The van der Waals surface area contributed by atoms with Crippen molar-refractivity contribution in [2.75, 3.05) is 40.1 Å². The van der Waals surface area contributed by atoms with Gasteiger partial charge >= 0.3 is 29.8 Å². The molecule has 0 aliphatic carbocycles. The van der Waals surface area contributed by atoms with Crippen molar-refractivity contribution in [2.24, 2.45) is 10.8 Å². The Morgan fingerprint density at radius 1 is 0.690 bits per heavy atom. The molecule has 1 aliphatic heterocycles. The quantitative estimate of drug-likeness (QED) is 0.222. The van der Waals surface area contributed by atoms with Crippen molar-refractivity contribution in [2.45, 2.75) is 46.7 Å². The van der Waals surface area contributed by atoms with Crippen LogP contribution in [0, 0.1) is 10.8 Å². The number of rotatable bonds is 12. The SMILES string of the molecule is CCOC(=O)[C@@H]1N(C)[C@H](c2c[nH]cc2-c2ccccc2)C(C(=O)OCC)(C(=O)OCC)C1(C(=O)OCC)C(=O)OCC. The highest BCUT2D eigenvalue weighted by molar-refractivity contribution is 6.19. The second-order valence-electron chi connectivity index (χ2n) is 9.41. The van der Waals surface area contributed by atoms with Gasteiger partial charge in [0.25, 0.3) is 0 Å². The van der Waals surface area contributed by atoms with Gasteiger partial charge in [0.15, 0.2) is 0 Å². The largest absolute Gasteiger partial charge is 0.465 e. The first-order valence-electron chi connectivity index (χ1n) is 14.0. The summed E-state index contributed by atoms with van der Waals surface area (Å²) in [5.74, 6) is -6.21. The maximum atomic E-state index is 14.4. The Labute approximate surface area is 244 Å². The Bertz CT molecular complexity index is 1250. The average molecular weight is 587 g/mol. The summed E-state index contributed by atoms with van der Waals surface area (Å²) in [6, 6.07) is 5.72. The molecular weight excluding hydrogens is 548 g/mol. The number of carbonyl (C=O) groups excluding carboxylic acids is 5. The molecule has 42 heavy (non-hydrogen) atoms. The van der Waals surface area contributed by atoms with Gasteiger partial charge in [-0.1, -0.05) is 30.3 Å². The number of aromatic nitrogens is 1. The first-order valence-corrected chi connectivity index (χ1v) is 14.0. The standard InChI is InChI=1S/C30H38N2O10/c1-7-38-24(33)23-30(27(36)41-10-4,28(37)42-11-5)29(25(34)39-8-2,26(35)40-9-3)22(32(23)6)21-18-31-17-20(21)19-15-13-12-14-16-19/h12-18,22-23,31H,7-11H2,1-6H3/t22-,23+/m1/s1. The van der Waals surface area contributed by atoms with Crippen molar-refractivity contribution < 1.29 is 47.7 Å². The minimum absolute atomic E-state index is 0.124. The minimum Gasteiger partial charge on any atom is -0.465 e. The number of hydrogen-bond donors (Lipinski definition) is 1. The Morgan fingerprint density at radius 2 is 1.14 bits per heavy atom. The third-order valence-corrected chi connectivity index (χ3v) is 7.31. The van der Waals surface area contributed by atoms with Crippen LogP contribution >= 0.6 is 0 Å². The van der Waals surface area contributed by atoms with Gasteiger partial charge in [-0.3, -0.25) is 28.9 Å². The van der Waals surface area contributed by atoms with E-state index in [1.54, 1.807) is 25.3 Å². The summed E-state index contributed by atoms with van der Waals surface area (Å²) >= 11 is 0. The van der Waals surface area contributed by atoms with Crippen LogP contribution in [0.2, 0.25) is 0 Å². The monoisotopic (exact) mass is 586 g/mol. The van der Waals surface area contributed by atoms with E-state index in [1.165, 1.54) is 45.8 Å². The smallest absolute Gasteiger partial charge is 0.327 e. The van der Waals surface area contributed by atoms with Crippen molar-refractivity contribution in [1.82, 2.24) is 9.88 Å². The molecule has 1 fully saturated rings. The molecule has 0 unspecified atom stereocenters. The molecule has 0 bridgehead atoms. The van der Waals surface area contributed by atoms with Crippen molar-refractivity contribution in [3.8, 4) is 11.1 Å². The molecule has 2 aromatic rings. The van der Waals surface area contributed by atoms with E-state index in [0.29, 0.717) is 16.7 Å². The first-order chi connectivity index (χ1) is 20.2. The normalized spacial score (nSPS) is 19.0. The van der Waals surface area contributed by atoms with Crippen LogP contribution in [0.5, 0.6) is 0 Å². The third kappa shape index (κ3) is 4.93. The number of aromatic amines is 1. The van der Waals surface area contributed by atoms with Crippen molar-refractivity contribution in [3.63, 3.8) is 0 Å². The number of likely N-dealkylation sites (N-methyl/N-ethyl adjacent to an activating group) is 1. The van der Waals surface area contributed by atoms with Crippen LogP contribution in [0.4, 0.5) is 0 Å². The molecule has 2 heterocycles. The Hall–Kier alpha value is -4.19. The highest BCUT2D eigenvalue weighted by Gasteiger charge is 2.86. The summed E-state index contributed by atoms with van der Waals surface area (Å²) in [4.78, 5) is 75.5. The first kappa shape index (κ1) is 32.3. The lowest BCUT2D eigenvalue weighted by atomic mass is 9.58. The molecule has 0 radical (unpaired) electrons. The summed E-state index contributed by atoms with van der Waals surface area (Å²) in [7, 11) is 1.42. The fourth-order valence-electron chi connectivity index (χ4n) is 5.91. The number of hydrogen-bond acceptors (Lipinski definition) is 11. The number of nitrogens with one attached hydrogen (secondary N) is 1. The lowest BCUT2D eigenvalue weighted by Crippen LogP contribution is -2.66. The number of benzene rings is 1. The van der Waals surface area contributed by atoms with Gasteiger partial charge in [-0.15, -0.1) is 0 Å². The summed E-state index contributed by atoms with van der Waals surface area (Å²) in [6.45, 7) is 6.48. The van der Waals surface area contributed by atoms with Gasteiger partial charge in [0, 0.05) is 18.0 Å². The third-order valence-electron chi connectivity index (χ3n) is 7.31. The highest BCUT2D eigenvalue weighted by Crippen LogP contribution is 2.64. The fourth-order valence-corrected chi connectivity index (χ4v) is 5.91. The van der Waals surface area contributed by atoms with Gasteiger partial charge in [-0.2, -0.15) is 0 Å². The number of nitrogens with zero attached hydrogens (tertiary/aromatic N) is 1. The van der Waals surface area contributed by atoms with Gasteiger partial charge in [-0.25, -0.2) is 0 Å². The zero-order valence-corrected chi connectivity index (χ0v) is 24.8. The molecule has 3 rings (SSSR count). The zero-order valence-electron chi connectivity index (χ0n) is 24.8. The number of esters is 5. The molecule has 0 amide bonds. The molecule has 1 aromatic heterocycles.